The van der Waals surface area contributed by atoms with Gasteiger partial charge in [0.25, 0.3) is 5.91 Å². The monoisotopic (exact) mass is 439 g/mol. The number of methoxy groups -OCH3 is 1. The molecule has 0 bridgehead atoms. The number of nitrogens with zero attached hydrogens (tertiary/aromatic N) is 1. The Morgan fingerprint density at radius 3 is 2.53 bits per heavy atom. The summed E-state index contributed by atoms with van der Waals surface area (Å²) in [6, 6.07) is 10.8. The number of ether oxygens (including phenoxy) is 2. The van der Waals surface area contributed by atoms with Crippen molar-refractivity contribution in [1.29, 1.82) is 0 Å². The zero-order valence-corrected chi connectivity index (χ0v) is 18.4. The molecular weight excluding hydrogens is 414 g/mol. The van der Waals surface area contributed by atoms with Crippen molar-refractivity contribution in [1.82, 2.24) is 10.2 Å². The highest BCUT2D eigenvalue weighted by Gasteiger charge is 2.49. The van der Waals surface area contributed by atoms with E-state index in [9.17, 15) is 19.2 Å². The van der Waals surface area contributed by atoms with Crippen LogP contribution in [0.3, 0.4) is 0 Å². The molecule has 2 aromatic carbocycles. The van der Waals surface area contributed by atoms with Gasteiger partial charge < -0.3 is 20.1 Å². The van der Waals surface area contributed by atoms with Gasteiger partial charge in [0.15, 0.2) is 0 Å². The standard InChI is InChI=1S/C23H25N3O6/c1-5-32-20(28)16-8-6-7-9-17(16)24-19(27)13-26-21(29)23(3,25-22(26)30)15-10-11-18(31-4)14(2)12-15/h6-12H,5,13H2,1-4H3,(H,24,27)(H,25,30). The Morgan fingerprint density at radius 1 is 1.16 bits per heavy atom. The van der Waals surface area contributed by atoms with Gasteiger partial charge in [0.1, 0.15) is 17.8 Å². The molecule has 1 fully saturated rings. The second kappa shape index (κ2) is 9.09. The average molecular weight is 439 g/mol. The number of carbonyl (C=O) groups is 4. The number of urea groups is 1. The molecule has 1 heterocycles. The minimum atomic E-state index is -1.32. The molecule has 1 unspecified atom stereocenters. The Balaban J connectivity index is 1.77. The topological polar surface area (TPSA) is 114 Å². The minimum absolute atomic E-state index is 0.179. The number of benzene rings is 2. The molecule has 1 aliphatic rings. The summed E-state index contributed by atoms with van der Waals surface area (Å²) < 4.78 is 10.2. The van der Waals surface area contributed by atoms with Gasteiger partial charge in [-0.25, -0.2) is 9.59 Å². The van der Waals surface area contributed by atoms with Crippen LogP contribution in [0.15, 0.2) is 42.5 Å². The van der Waals surface area contributed by atoms with Crippen molar-refractivity contribution in [2.45, 2.75) is 26.3 Å². The number of amides is 4. The Kier molecular flexibility index (Phi) is 6.47. The summed E-state index contributed by atoms with van der Waals surface area (Å²) in [5, 5.41) is 5.25. The third-order valence-electron chi connectivity index (χ3n) is 5.25. The van der Waals surface area contributed by atoms with Crippen LogP contribution in [0.2, 0.25) is 0 Å². The molecule has 0 spiro atoms. The molecule has 0 aliphatic carbocycles. The maximum atomic E-state index is 13.1. The molecule has 1 atom stereocenters. The van der Waals surface area contributed by atoms with Gasteiger partial charge in [-0.15, -0.1) is 0 Å². The molecule has 0 saturated carbocycles. The van der Waals surface area contributed by atoms with Crippen LogP contribution in [0.25, 0.3) is 0 Å². The molecule has 4 amide bonds. The highest BCUT2D eigenvalue weighted by molar-refractivity contribution is 6.11. The molecule has 1 saturated heterocycles. The van der Waals surface area contributed by atoms with Crippen LogP contribution in [0.1, 0.15) is 35.3 Å². The molecule has 32 heavy (non-hydrogen) atoms. The molecule has 9 heteroatoms. The quantitative estimate of drug-likeness (QED) is 0.506. The van der Waals surface area contributed by atoms with Crippen LogP contribution in [0, 0.1) is 6.92 Å². The number of aryl methyl sites for hydroxylation is 1. The van der Waals surface area contributed by atoms with E-state index in [1.54, 1.807) is 57.4 Å². The van der Waals surface area contributed by atoms with Crippen LogP contribution in [-0.4, -0.2) is 49.0 Å². The summed E-state index contributed by atoms with van der Waals surface area (Å²) in [4.78, 5) is 51.2. The zero-order chi connectivity index (χ0) is 23.5. The summed E-state index contributed by atoms with van der Waals surface area (Å²) in [6.45, 7) is 4.78. The second-order valence-electron chi connectivity index (χ2n) is 7.45. The first kappa shape index (κ1) is 22.8. The third-order valence-corrected chi connectivity index (χ3v) is 5.25. The number of nitrogens with one attached hydrogen (secondary N) is 2. The first-order valence-corrected chi connectivity index (χ1v) is 10.1. The Bertz CT molecular complexity index is 1080. The van der Waals surface area contributed by atoms with Gasteiger partial charge in [0, 0.05) is 0 Å². The van der Waals surface area contributed by atoms with Crippen molar-refractivity contribution in [3.05, 3.63) is 59.2 Å². The lowest BCUT2D eigenvalue weighted by Crippen LogP contribution is -2.42. The normalized spacial score (nSPS) is 17.7. The van der Waals surface area contributed by atoms with Crippen molar-refractivity contribution >= 4 is 29.5 Å². The maximum absolute atomic E-state index is 13.1. The number of para-hydroxylation sites is 1. The van der Waals surface area contributed by atoms with Crippen LogP contribution >= 0.6 is 0 Å². The summed E-state index contributed by atoms with van der Waals surface area (Å²) in [6.07, 6.45) is 0. The Morgan fingerprint density at radius 2 is 1.88 bits per heavy atom. The van der Waals surface area contributed by atoms with E-state index in [1.807, 2.05) is 6.92 Å². The summed E-state index contributed by atoms with van der Waals surface area (Å²) >= 11 is 0. The summed E-state index contributed by atoms with van der Waals surface area (Å²) in [5.41, 5.74) is 0.469. The van der Waals surface area contributed by atoms with Gasteiger partial charge in [-0.3, -0.25) is 14.5 Å². The number of carbonyl (C=O) groups excluding carboxylic acids is 4. The van der Waals surface area contributed by atoms with Crippen molar-refractivity contribution in [2.75, 3.05) is 25.6 Å². The van der Waals surface area contributed by atoms with E-state index < -0.39 is 35.9 Å². The van der Waals surface area contributed by atoms with E-state index in [2.05, 4.69) is 10.6 Å². The number of hydrogen-bond donors (Lipinski definition) is 2. The second-order valence-corrected chi connectivity index (χ2v) is 7.45. The van der Waals surface area contributed by atoms with E-state index in [-0.39, 0.29) is 17.9 Å². The van der Waals surface area contributed by atoms with E-state index in [4.69, 9.17) is 9.47 Å². The molecule has 0 radical (unpaired) electrons. The number of hydrogen-bond acceptors (Lipinski definition) is 6. The molecule has 168 valence electrons. The van der Waals surface area contributed by atoms with Gasteiger partial charge in [0.05, 0.1) is 25.0 Å². The fourth-order valence-corrected chi connectivity index (χ4v) is 3.54. The maximum Gasteiger partial charge on any atom is 0.340 e. The SMILES string of the molecule is CCOC(=O)c1ccccc1NC(=O)CN1C(=O)NC(C)(c2ccc(OC)c(C)c2)C1=O. The van der Waals surface area contributed by atoms with Crippen molar-refractivity contribution in [3.8, 4) is 5.75 Å². The van der Waals surface area contributed by atoms with Gasteiger partial charge >= 0.3 is 12.0 Å². The van der Waals surface area contributed by atoms with Gasteiger partial charge in [-0.05, 0) is 56.2 Å². The lowest BCUT2D eigenvalue weighted by molar-refractivity contribution is -0.133. The fourth-order valence-electron chi connectivity index (χ4n) is 3.54. The lowest BCUT2D eigenvalue weighted by Gasteiger charge is -2.23. The van der Waals surface area contributed by atoms with E-state index in [0.29, 0.717) is 11.3 Å². The number of anilines is 1. The van der Waals surface area contributed by atoms with Crippen LogP contribution in [0.4, 0.5) is 10.5 Å². The first-order valence-electron chi connectivity index (χ1n) is 10.1. The molecule has 3 rings (SSSR count). The number of rotatable bonds is 7. The van der Waals surface area contributed by atoms with Crippen LogP contribution < -0.4 is 15.4 Å². The Labute approximate surface area is 185 Å². The molecule has 0 aromatic heterocycles. The summed E-state index contributed by atoms with van der Waals surface area (Å²) in [5.74, 6) is -1.10. The van der Waals surface area contributed by atoms with Crippen molar-refractivity contribution < 1.29 is 28.7 Å². The van der Waals surface area contributed by atoms with E-state index in [0.717, 1.165) is 10.5 Å². The van der Waals surface area contributed by atoms with E-state index in [1.165, 1.54) is 6.07 Å². The molecular formula is C23H25N3O6. The first-order chi connectivity index (χ1) is 15.2. The van der Waals surface area contributed by atoms with Gasteiger partial charge in [0.2, 0.25) is 5.91 Å². The number of imide groups is 1. The molecule has 1 aliphatic heterocycles. The highest BCUT2D eigenvalue weighted by Crippen LogP contribution is 2.31. The van der Waals surface area contributed by atoms with E-state index >= 15 is 0 Å². The van der Waals surface area contributed by atoms with Crippen molar-refractivity contribution in [2.24, 2.45) is 0 Å². The third kappa shape index (κ3) is 4.27. The van der Waals surface area contributed by atoms with Crippen LogP contribution in [-0.2, 0) is 19.9 Å². The fraction of sp³-hybridized carbons (Fsp3) is 0.304. The summed E-state index contributed by atoms with van der Waals surface area (Å²) in [7, 11) is 1.55. The predicted molar refractivity (Wildman–Crippen MR) is 116 cm³/mol. The largest absolute Gasteiger partial charge is 0.496 e. The van der Waals surface area contributed by atoms with Crippen LogP contribution in [0.5, 0.6) is 5.75 Å². The minimum Gasteiger partial charge on any atom is -0.496 e. The average Bonchev–Trinajstić information content (AvgIpc) is 2.98. The van der Waals surface area contributed by atoms with Gasteiger partial charge in [-0.2, -0.15) is 0 Å². The highest BCUT2D eigenvalue weighted by atomic mass is 16.5. The number of esters is 1. The van der Waals surface area contributed by atoms with Crippen molar-refractivity contribution in [3.63, 3.8) is 0 Å². The predicted octanol–water partition coefficient (Wildman–Crippen LogP) is 2.59. The smallest absolute Gasteiger partial charge is 0.340 e. The lowest BCUT2D eigenvalue weighted by atomic mass is 9.90. The Hall–Kier alpha value is -3.88. The van der Waals surface area contributed by atoms with Gasteiger partial charge in [-0.1, -0.05) is 18.2 Å². The molecule has 9 nitrogen and oxygen atoms in total. The molecule has 2 N–H and O–H groups in total. The molecule has 2 aromatic rings. The zero-order valence-electron chi connectivity index (χ0n) is 18.4.